The standard InChI is InChI=1S/C16H21N3O6S/c1-11(16(22)23)9-18(2)15(21)12-4-3-5-13(8-12)26(24,25)19-7-6-17-14(20)10-19/h3-5,8,11H,6-7,9-10H2,1-2H3,(H,17,20)(H,22,23). The largest absolute Gasteiger partial charge is 0.481 e. The minimum Gasteiger partial charge on any atom is -0.481 e. The van der Waals surface area contributed by atoms with Gasteiger partial charge in [0.2, 0.25) is 15.9 Å². The molecular formula is C16H21N3O6S. The second kappa shape index (κ2) is 7.83. The molecule has 9 nitrogen and oxygen atoms in total. The van der Waals surface area contributed by atoms with Crippen LogP contribution in [0.25, 0.3) is 0 Å². The van der Waals surface area contributed by atoms with Crippen molar-refractivity contribution >= 4 is 27.8 Å². The van der Waals surface area contributed by atoms with Crippen LogP contribution in [0.3, 0.4) is 0 Å². The molecule has 1 unspecified atom stereocenters. The maximum absolute atomic E-state index is 12.7. The average molecular weight is 383 g/mol. The molecule has 26 heavy (non-hydrogen) atoms. The highest BCUT2D eigenvalue weighted by Gasteiger charge is 2.30. The van der Waals surface area contributed by atoms with Crippen LogP contribution in [0.15, 0.2) is 29.2 Å². The molecule has 2 amide bonds. The highest BCUT2D eigenvalue weighted by molar-refractivity contribution is 7.89. The number of rotatable bonds is 6. The third-order valence-corrected chi connectivity index (χ3v) is 5.88. The van der Waals surface area contributed by atoms with Gasteiger partial charge < -0.3 is 15.3 Å². The second-order valence-electron chi connectivity index (χ2n) is 6.14. The van der Waals surface area contributed by atoms with E-state index in [9.17, 15) is 22.8 Å². The highest BCUT2D eigenvalue weighted by Crippen LogP contribution is 2.19. The van der Waals surface area contributed by atoms with Crippen LogP contribution in [0.5, 0.6) is 0 Å². The summed E-state index contributed by atoms with van der Waals surface area (Å²) in [4.78, 5) is 36.0. The lowest BCUT2D eigenvalue weighted by atomic mass is 10.1. The molecule has 10 heteroatoms. The zero-order valence-electron chi connectivity index (χ0n) is 14.5. The van der Waals surface area contributed by atoms with E-state index in [1.54, 1.807) is 0 Å². The van der Waals surface area contributed by atoms with Gasteiger partial charge in [0.25, 0.3) is 5.91 Å². The summed E-state index contributed by atoms with van der Waals surface area (Å²) in [6, 6.07) is 5.51. The van der Waals surface area contributed by atoms with Gasteiger partial charge in [-0.15, -0.1) is 0 Å². The first-order chi connectivity index (χ1) is 12.1. The first kappa shape index (κ1) is 19.9. The van der Waals surface area contributed by atoms with E-state index in [-0.39, 0.29) is 42.5 Å². The summed E-state index contributed by atoms with van der Waals surface area (Å²) in [6.07, 6.45) is 0. The van der Waals surface area contributed by atoms with Gasteiger partial charge in [-0.3, -0.25) is 14.4 Å². The fraction of sp³-hybridized carbons (Fsp3) is 0.438. The zero-order valence-corrected chi connectivity index (χ0v) is 15.3. The minimum atomic E-state index is -3.91. The van der Waals surface area contributed by atoms with Gasteiger partial charge in [-0.05, 0) is 18.2 Å². The molecule has 2 N–H and O–H groups in total. The number of hydrogen-bond acceptors (Lipinski definition) is 5. The second-order valence-corrected chi connectivity index (χ2v) is 8.08. The topological polar surface area (TPSA) is 124 Å². The summed E-state index contributed by atoms with van der Waals surface area (Å²) >= 11 is 0. The third-order valence-electron chi connectivity index (χ3n) is 4.04. The van der Waals surface area contributed by atoms with Crippen molar-refractivity contribution in [3.8, 4) is 0 Å². The molecule has 1 saturated heterocycles. The fourth-order valence-corrected chi connectivity index (χ4v) is 3.99. The molecule has 1 aliphatic rings. The summed E-state index contributed by atoms with van der Waals surface area (Å²) in [7, 11) is -2.45. The fourth-order valence-electron chi connectivity index (χ4n) is 2.55. The molecule has 0 radical (unpaired) electrons. The van der Waals surface area contributed by atoms with Crippen LogP contribution >= 0.6 is 0 Å². The Morgan fingerprint density at radius 2 is 2.08 bits per heavy atom. The molecule has 142 valence electrons. The van der Waals surface area contributed by atoms with Crippen molar-refractivity contribution in [2.75, 3.05) is 33.2 Å². The molecule has 1 atom stereocenters. The van der Waals surface area contributed by atoms with Crippen molar-refractivity contribution in [1.29, 1.82) is 0 Å². The molecule has 2 rings (SSSR count). The Kier molecular flexibility index (Phi) is 5.98. The normalized spacial score (nSPS) is 16.6. The maximum atomic E-state index is 12.7. The number of sulfonamides is 1. The van der Waals surface area contributed by atoms with Crippen LogP contribution in [-0.4, -0.2) is 73.7 Å². The number of nitrogens with one attached hydrogen (secondary N) is 1. The molecule has 1 fully saturated rings. The Morgan fingerprint density at radius 1 is 1.38 bits per heavy atom. The number of benzene rings is 1. The van der Waals surface area contributed by atoms with Gasteiger partial charge >= 0.3 is 5.97 Å². The van der Waals surface area contributed by atoms with Gasteiger partial charge in [0.05, 0.1) is 17.4 Å². The van der Waals surface area contributed by atoms with Crippen molar-refractivity contribution in [3.63, 3.8) is 0 Å². The van der Waals surface area contributed by atoms with Crippen LogP contribution in [0.2, 0.25) is 0 Å². The minimum absolute atomic E-state index is 0.00254. The third kappa shape index (κ3) is 4.38. The number of carboxylic acid groups (broad SMARTS) is 1. The molecule has 0 bridgehead atoms. The molecule has 1 aromatic carbocycles. The van der Waals surface area contributed by atoms with Crippen molar-refractivity contribution in [1.82, 2.24) is 14.5 Å². The highest BCUT2D eigenvalue weighted by atomic mass is 32.2. The van der Waals surface area contributed by atoms with E-state index in [1.807, 2.05) is 0 Å². The lowest BCUT2D eigenvalue weighted by Gasteiger charge is -2.26. The molecule has 0 saturated carbocycles. The Balaban J connectivity index is 2.22. The van der Waals surface area contributed by atoms with Crippen molar-refractivity contribution in [3.05, 3.63) is 29.8 Å². The van der Waals surface area contributed by atoms with Crippen LogP contribution < -0.4 is 5.32 Å². The Hall–Kier alpha value is -2.46. The Labute approximate surface area is 151 Å². The smallest absolute Gasteiger partial charge is 0.308 e. The number of piperazine rings is 1. The molecule has 0 aromatic heterocycles. The maximum Gasteiger partial charge on any atom is 0.308 e. The molecule has 0 spiro atoms. The Bertz CT molecular complexity index is 823. The van der Waals surface area contributed by atoms with Crippen LogP contribution in [0.4, 0.5) is 0 Å². The number of carbonyl (C=O) groups excluding carboxylic acids is 2. The lowest BCUT2D eigenvalue weighted by molar-refractivity contribution is -0.141. The first-order valence-corrected chi connectivity index (χ1v) is 9.42. The first-order valence-electron chi connectivity index (χ1n) is 7.98. The number of hydrogen-bond donors (Lipinski definition) is 2. The van der Waals surface area contributed by atoms with Gasteiger partial charge in [0.15, 0.2) is 0 Å². The lowest BCUT2D eigenvalue weighted by Crippen LogP contribution is -2.49. The quantitative estimate of drug-likeness (QED) is 0.689. The van der Waals surface area contributed by atoms with E-state index >= 15 is 0 Å². The van der Waals surface area contributed by atoms with E-state index in [0.717, 1.165) is 4.31 Å². The van der Waals surface area contributed by atoms with Crippen LogP contribution in [0.1, 0.15) is 17.3 Å². The number of aliphatic carboxylic acids is 1. The molecule has 1 aromatic rings. The SMILES string of the molecule is CC(CN(C)C(=O)c1cccc(S(=O)(=O)N2CCNC(=O)C2)c1)C(=O)O. The predicted molar refractivity (Wildman–Crippen MR) is 92.0 cm³/mol. The molecule has 0 aliphatic carbocycles. The van der Waals surface area contributed by atoms with E-state index in [2.05, 4.69) is 5.32 Å². The van der Waals surface area contributed by atoms with Gasteiger partial charge in [-0.25, -0.2) is 8.42 Å². The van der Waals surface area contributed by atoms with Crippen LogP contribution in [-0.2, 0) is 19.6 Å². The zero-order chi connectivity index (χ0) is 19.5. The summed E-state index contributed by atoms with van der Waals surface area (Å²) in [5.41, 5.74) is 0.132. The van der Waals surface area contributed by atoms with Gasteiger partial charge in [-0.1, -0.05) is 13.0 Å². The monoisotopic (exact) mass is 383 g/mol. The summed E-state index contributed by atoms with van der Waals surface area (Å²) in [6.45, 7) is 1.59. The number of nitrogens with zero attached hydrogens (tertiary/aromatic N) is 2. The molecule has 1 aliphatic heterocycles. The molecular weight excluding hydrogens is 362 g/mol. The summed E-state index contributed by atoms with van der Waals surface area (Å²) < 4.78 is 26.4. The number of carbonyl (C=O) groups is 3. The number of carboxylic acids is 1. The molecule has 1 heterocycles. The van der Waals surface area contributed by atoms with Gasteiger partial charge in [0.1, 0.15) is 0 Å². The summed E-state index contributed by atoms with van der Waals surface area (Å²) in [5.74, 6) is -2.63. The van der Waals surface area contributed by atoms with Gasteiger partial charge in [-0.2, -0.15) is 4.31 Å². The van der Waals surface area contributed by atoms with E-state index in [1.165, 1.54) is 43.1 Å². The summed E-state index contributed by atoms with van der Waals surface area (Å²) in [5, 5.41) is 11.5. The van der Waals surface area contributed by atoms with Gasteiger partial charge in [0, 0.05) is 32.2 Å². The average Bonchev–Trinajstić information content (AvgIpc) is 2.61. The van der Waals surface area contributed by atoms with E-state index in [0.29, 0.717) is 0 Å². The van der Waals surface area contributed by atoms with Crippen molar-refractivity contribution in [2.45, 2.75) is 11.8 Å². The van der Waals surface area contributed by atoms with E-state index < -0.39 is 27.8 Å². The predicted octanol–water partition coefficient (Wildman–Crippen LogP) is -0.400. The Morgan fingerprint density at radius 3 is 2.69 bits per heavy atom. The number of amides is 2. The van der Waals surface area contributed by atoms with Crippen molar-refractivity contribution in [2.24, 2.45) is 5.92 Å². The van der Waals surface area contributed by atoms with Crippen molar-refractivity contribution < 1.29 is 27.9 Å². The van der Waals surface area contributed by atoms with Crippen LogP contribution in [0, 0.1) is 5.92 Å². The van der Waals surface area contributed by atoms with E-state index in [4.69, 9.17) is 5.11 Å².